The van der Waals surface area contributed by atoms with Gasteiger partial charge in [0.2, 0.25) is 0 Å². The number of H-pyrrole nitrogens is 1. The molecule has 1 aliphatic heterocycles. The maximum atomic E-state index is 12.5. The van der Waals surface area contributed by atoms with Crippen LogP contribution in [0.25, 0.3) is 10.9 Å². The van der Waals surface area contributed by atoms with Crippen LogP contribution in [0.3, 0.4) is 0 Å². The number of carboxylic acids is 1. The van der Waals surface area contributed by atoms with E-state index >= 15 is 0 Å². The van der Waals surface area contributed by atoms with Crippen LogP contribution in [-0.2, 0) is 4.79 Å². The summed E-state index contributed by atoms with van der Waals surface area (Å²) in [5.74, 6) is -0.224. The maximum Gasteiger partial charge on any atom is 0.330 e. The van der Waals surface area contributed by atoms with Gasteiger partial charge in [-0.2, -0.15) is 16.9 Å². The molecule has 1 fully saturated rings. The van der Waals surface area contributed by atoms with E-state index in [1.807, 2.05) is 13.0 Å². The molecule has 0 aliphatic carbocycles. The third-order valence-electron chi connectivity index (χ3n) is 3.72. The van der Waals surface area contributed by atoms with Gasteiger partial charge in [0.15, 0.2) is 0 Å². The van der Waals surface area contributed by atoms with E-state index < -0.39 is 11.5 Å². The molecule has 0 bridgehead atoms. The number of aromatic amines is 1. The van der Waals surface area contributed by atoms with Gasteiger partial charge in [-0.25, -0.2) is 4.79 Å². The zero-order valence-corrected chi connectivity index (χ0v) is 12.3. The number of nitrogens with zero attached hydrogens (tertiary/aromatic N) is 1. The highest BCUT2D eigenvalue weighted by Gasteiger charge is 2.43. The fourth-order valence-corrected chi connectivity index (χ4v) is 3.88. The summed E-state index contributed by atoms with van der Waals surface area (Å²) in [6.45, 7) is 1.89. The van der Waals surface area contributed by atoms with Crippen LogP contribution >= 0.6 is 11.8 Å². The number of rotatable bonds is 3. The zero-order chi connectivity index (χ0) is 15.0. The van der Waals surface area contributed by atoms with Crippen molar-refractivity contribution >= 4 is 34.5 Å². The first-order valence-electron chi connectivity index (χ1n) is 6.59. The van der Waals surface area contributed by atoms with Gasteiger partial charge in [-0.1, -0.05) is 0 Å². The molecule has 3 rings (SSSR count). The minimum atomic E-state index is -1.17. The fourth-order valence-electron chi connectivity index (χ4n) is 2.56. The van der Waals surface area contributed by atoms with Crippen LogP contribution in [0.1, 0.15) is 22.3 Å². The number of aromatic nitrogens is 2. The van der Waals surface area contributed by atoms with Gasteiger partial charge in [-0.3, -0.25) is 9.89 Å². The van der Waals surface area contributed by atoms with Crippen molar-refractivity contribution in [3.8, 4) is 0 Å². The van der Waals surface area contributed by atoms with Gasteiger partial charge in [0.05, 0.1) is 17.3 Å². The van der Waals surface area contributed by atoms with Gasteiger partial charge in [0, 0.05) is 11.1 Å². The average Bonchev–Trinajstić information content (AvgIpc) is 3.06. The Balaban J connectivity index is 1.97. The van der Waals surface area contributed by atoms with Gasteiger partial charge in [-0.15, -0.1) is 0 Å². The molecule has 1 aromatic heterocycles. The van der Waals surface area contributed by atoms with E-state index in [2.05, 4.69) is 15.5 Å². The van der Waals surface area contributed by atoms with E-state index in [1.165, 1.54) is 11.8 Å². The number of aliphatic carboxylic acids is 1. The van der Waals surface area contributed by atoms with E-state index in [9.17, 15) is 14.7 Å². The van der Waals surface area contributed by atoms with Gasteiger partial charge in [-0.05, 0) is 36.8 Å². The average molecular weight is 305 g/mol. The van der Waals surface area contributed by atoms with Gasteiger partial charge >= 0.3 is 5.97 Å². The van der Waals surface area contributed by atoms with Crippen LogP contribution in [-0.4, -0.2) is 44.2 Å². The Hall–Kier alpha value is -2.02. The maximum absolute atomic E-state index is 12.5. The second-order valence-corrected chi connectivity index (χ2v) is 6.40. The Bertz CT molecular complexity index is 719. The van der Waals surface area contributed by atoms with Crippen molar-refractivity contribution in [1.29, 1.82) is 0 Å². The molecule has 1 aliphatic rings. The molecule has 7 heteroatoms. The van der Waals surface area contributed by atoms with Crippen molar-refractivity contribution in [1.82, 2.24) is 15.5 Å². The highest BCUT2D eigenvalue weighted by molar-refractivity contribution is 7.99. The molecule has 3 N–H and O–H groups in total. The van der Waals surface area contributed by atoms with Gasteiger partial charge in [0.1, 0.15) is 5.54 Å². The lowest BCUT2D eigenvalue weighted by Gasteiger charge is -2.24. The molecule has 2 heterocycles. The lowest BCUT2D eigenvalue weighted by atomic mass is 9.98. The summed E-state index contributed by atoms with van der Waals surface area (Å²) in [4.78, 5) is 24.1. The quantitative estimate of drug-likeness (QED) is 0.800. The first-order valence-corrected chi connectivity index (χ1v) is 7.75. The normalized spacial score (nSPS) is 21.6. The lowest BCUT2D eigenvalue weighted by molar-refractivity contribution is -0.143. The summed E-state index contributed by atoms with van der Waals surface area (Å²) in [5.41, 5.74) is 0.821. The van der Waals surface area contributed by atoms with Crippen molar-refractivity contribution in [3.05, 3.63) is 29.5 Å². The molecule has 2 aromatic rings. The summed E-state index contributed by atoms with van der Waals surface area (Å²) in [6.07, 6.45) is 2.09. The number of amides is 1. The van der Waals surface area contributed by atoms with Crippen LogP contribution in [0.15, 0.2) is 18.3 Å². The Morgan fingerprint density at radius 2 is 2.29 bits per heavy atom. The van der Waals surface area contributed by atoms with Crippen LogP contribution in [0.2, 0.25) is 0 Å². The Labute approximate surface area is 125 Å². The van der Waals surface area contributed by atoms with E-state index in [0.29, 0.717) is 23.3 Å². The number of hydrogen-bond acceptors (Lipinski definition) is 4. The third kappa shape index (κ3) is 2.37. The molecule has 0 saturated carbocycles. The van der Waals surface area contributed by atoms with E-state index in [4.69, 9.17) is 0 Å². The van der Waals surface area contributed by atoms with Crippen molar-refractivity contribution in [2.75, 3.05) is 11.5 Å². The molecule has 6 nitrogen and oxygen atoms in total. The third-order valence-corrected chi connectivity index (χ3v) is 4.91. The molecule has 21 heavy (non-hydrogen) atoms. The number of benzene rings is 1. The standard InChI is InChI=1S/C14H15N3O3S/c1-8-4-9-6-15-17-11(9)10(5-8)12(18)16-14(13(19)20)2-3-21-7-14/h4-6H,2-3,7H2,1H3,(H,15,17)(H,16,18)(H,19,20). The molecule has 1 amide bonds. The number of fused-ring (bicyclic) bond motifs is 1. The van der Waals surface area contributed by atoms with E-state index in [1.54, 1.807) is 12.3 Å². The SMILES string of the molecule is Cc1cc(C(=O)NC2(C(=O)O)CCSC2)c2[nH]ncc2c1. The molecule has 1 atom stereocenters. The topological polar surface area (TPSA) is 95.1 Å². The number of carboxylic acid groups (broad SMARTS) is 1. The monoisotopic (exact) mass is 305 g/mol. The first-order chi connectivity index (χ1) is 10.0. The number of hydrogen-bond donors (Lipinski definition) is 3. The highest BCUT2D eigenvalue weighted by atomic mass is 32.2. The minimum absolute atomic E-state index is 0.377. The first kappa shape index (κ1) is 13.9. The fraction of sp³-hybridized carbons (Fsp3) is 0.357. The predicted molar refractivity (Wildman–Crippen MR) is 80.6 cm³/mol. The summed E-state index contributed by atoms with van der Waals surface area (Å²) < 4.78 is 0. The number of carbonyl (C=O) groups excluding carboxylic acids is 1. The molecule has 1 aromatic carbocycles. The summed E-state index contributed by atoms with van der Waals surface area (Å²) in [6, 6.07) is 3.67. The second kappa shape index (κ2) is 5.07. The van der Waals surface area contributed by atoms with Gasteiger partial charge in [0.25, 0.3) is 5.91 Å². The number of thioether (sulfide) groups is 1. The number of aryl methyl sites for hydroxylation is 1. The van der Waals surface area contributed by atoms with Gasteiger partial charge < -0.3 is 10.4 Å². The summed E-state index contributed by atoms with van der Waals surface area (Å²) in [5, 5.41) is 19.7. The number of nitrogens with one attached hydrogen (secondary N) is 2. The molecule has 1 saturated heterocycles. The Kier molecular flexibility index (Phi) is 3.36. The zero-order valence-electron chi connectivity index (χ0n) is 11.5. The molecular formula is C14H15N3O3S. The number of carbonyl (C=O) groups is 2. The Morgan fingerprint density at radius 3 is 2.95 bits per heavy atom. The lowest BCUT2D eigenvalue weighted by Crippen LogP contribution is -2.54. The minimum Gasteiger partial charge on any atom is -0.479 e. The van der Waals surface area contributed by atoms with E-state index in [0.717, 1.165) is 16.7 Å². The summed E-state index contributed by atoms with van der Waals surface area (Å²) in [7, 11) is 0. The van der Waals surface area contributed by atoms with Crippen LogP contribution < -0.4 is 5.32 Å². The smallest absolute Gasteiger partial charge is 0.330 e. The summed E-state index contributed by atoms with van der Waals surface area (Å²) >= 11 is 1.54. The molecule has 1 unspecified atom stereocenters. The molecule has 0 radical (unpaired) electrons. The van der Waals surface area contributed by atoms with E-state index in [-0.39, 0.29) is 5.91 Å². The van der Waals surface area contributed by atoms with Crippen molar-refractivity contribution in [3.63, 3.8) is 0 Å². The highest BCUT2D eigenvalue weighted by Crippen LogP contribution is 2.29. The molecule has 110 valence electrons. The van der Waals surface area contributed by atoms with Crippen LogP contribution in [0, 0.1) is 6.92 Å². The van der Waals surface area contributed by atoms with Crippen molar-refractivity contribution in [2.45, 2.75) is 18.9 Å². The molecule has 0 spiro atoms. The van der Waals surface area contributed by atoms with Crippen LogP contribution in [0.4, 0.5) is 0 Å². The Morgan fingerprint density at radius 1 is 1.48 bits per heavy atom. The molecular weight excluding hydrogens is 290 g/mol. The second-order valence-electron chi connectivity index (χ2n) is 5.29. The largest absolute Gasteiger partial charge is 0.479 e. The van der Waals surface area contributed by atoms with Crippen molar-refractivity contribution in [2.24, 2.45) is 0 Å². The van der Waals surface area contributed by atoms with Crippen molar-refractivity contribution < 1.29 is 14.7 Å². The predicted octanol–water partition coefficient (Wildman–Crippen LogP) is 1.56. The van der Waals surface area contributed by atoms with Crippen LogP contribution in [0.5, 0.6) is 0 Å².